The van der Waals surface area contributed by atoms with Gasteiger partial charge in [-0.25, -0.2) is 0 Å². The fraction of sp³-hybridized carbons (Fsp3) is 0.0962. The lowest BCUT2D eigenvalue weighted by Crippen LogP contribution is -2.29. The molecular weight excluding hydrogens is 669 g/mol. The molecule has 0 saturated heterocycles. The number of furan rings is 1. The van der Waals surface area contributed by atoms with Gasteiger partial charge in [0, 0.05) is 28.1 Å². The number of hydrogen-bond donors (Lipinski definition) is 0. The van der Waals surface area contributed by atoms with Gasteiger partial charge in [0.2, 0.25) is 5.71 Å². The number of hydrogen-bond acceptors (Lipinski definition) is 3. The van der Waals surface area contributed by atoms with Crippen LogP contribution in [-0.2, 0) is 5.41 Å². The van der Waals surface area contributed by atoms with Crippen LogP contribution >= 0.6 is 0 Å². The number of allylic oxidation sites excluding steroid dienone is 8. The molecule has 0 bridgehead atoms. The lowest BCUT2D eigenvalue weighted by Gasteiger charge is -2.35. The molecule has 3 heteroatoms. The average Bonchev–Trinajstić information content (AvgIpc) is 3.88. The van der Waals surface area contributed by atoms with E-state index in [-0.39, 0.29) is 5.41 Å². The van der Waals surface area contributed by atoms with Crippen molar-refractivity contribution in [1.82, 2.24) is 4.98 Å². The van der Waals surface area contributed by atoms with Gasteiger partial charge in [-0.3, -0.25) is 4.90 Å². The van der Waals surface area contributed by atoms with Crippen LogP contribution in [0.3, 0.4) is 0 Å². The van der Waals surface area contributed by atoms with Crippen LogP contribution in [0.5, 0.6) is 0 Å². The highest BCUT2D eigenvalue weighted by atomic mass is 16.3. The fourth-order valence-electron chi connectivity index (χ4n) is 10.3. The van der Waals surface area contributed by atoms with Crippen LogP contribution < -0.4 is 4.90 Å². The molecule has 12 rings (SSSR count). The summed E-state index contributed by atoms with van der Waals surface area (Å²) in [5.74, 6) is 1.27. The molecule has 1 spiro atoms. The Morgan fingerprint density at radius 3 is 1.96 bits per heavy atom. The van der Waals surface area contributed by atoms with E-state index >= 15 is 0 Å². The number of fused-ring (bicyclic) bond motifs is 14. The number of benzene rings is 6. The number of rotatable bonds is 4. The molecule has 0 N–H and O–H groups in total. The maximum Gasteiger partial charge on any atom is 0.229 e. The smallest absolute Gasteiger partial charge is 0.229 e. The standard InChI is InChI=1S/C52H36N2O/c1-2-14-33(15-3-1)34-26-28-35(29-27-34)54(50-41-20-5-4-19-40(41)49-42-21-9-13-25-48(42)55-51(49)53-50)36-30-31-47-43(32-36)39-18-8-12-24-46(39)52(47)44-22-10-6-16-37(44)38-17-7-11-23-45(38)52/h1-14,16-29,32-33H,15,30-31H2. The summed E-state index contributed by atoms with van der Waals surface area (Å²) in [6.45, 7) is 0. The highest BCUT2D eigenvalue weighted by Gasteiger charge is 2.53. The monoisotopic (exact) mass is 704 g/mol. The summed E-state index contributed by atoms with van der Waals surface area (Å²) in [4.78, 5) is 7.87. The van der Waals surface area contributed by atoms with Crippen LogP contribution in [0.4, 0.5) is 11.5 Å². The van der Waals surface area contributed by atoms with Crippen LogP contribution in [-0.4, -0.2) is 4.98 Å². The molecule has 0 amide bonds. The Labute approximate surface area is 319 Å². The van der Waals surface area contributed by atoms with E-state index in [1.54, 1.807) is 0 Å². The zero-order valence-electron chi connectivity index (χ0n) is 30.2. The number of anilines is 2. The minimum absolute atomic E-state index is 0.312. The van der Waals surface area contributed by atoms with Crippen molar-refractivity contribution in [2.24, 2.45) is 0 Å². The molecule has 1 atom stereocenters. The Hall–Kier alpha value is -6.71. The average molecular weight is 705 g/mol. The second-order valence-electron chi connectivity index (χ2n) is 15.3. The summed E-state index contributed by atoms with van der Waals surface area (Å²) >= 11 is 0. The predicted octanol–water partition coefficient (Wildman–Crippen LogP) is 13.3. The maximum absolute atomic E-state index is 6.54. The van der Waals surface area contributed by atoms with Crippen LogP contribution in [0, 0.1) is 0 Å². The molecule has 0 radical (unpaired) electrons. The van der Waals surface area contributed by atoms with Gasteiger partial charge in [-0.2, -0.15) is 4.98 Å². The highest BCUT2D eigenvalue weighted by Crippen LogP contribution is 2.64. The topological polar surface area (TPSA) is 29.3 Å². The van der Waals surface area contributed by atoms with E-state index in [0.29, 0.717) is 11.6 Å². The van der Waals surface area contributed by atoms with Crippen LogP contribution in [0.25, 0.3) is 49.5 Å². The summed E-state index contributed by atoms with van der Waals surface area (Å²) in [6, 6.07) is 53.5. The van der Waals surface area contributed by atoms with Gasteiger partial charge in [0.25, 0.3) is 0 Å². The zero-order valence-corrected chi connectivity index (χ0v) is 30.2. The first-order valence-corrected chi connectivity index (χ1v) is 19.5. The van der Waals surface area contributed by atoms with Gasteiger partial charge in [0.15, 0.2) is 0 Å². The molecule has 0 saturated carbocycles. The second-order valence-corrected chi connectivity index (χ2v) is 15.3. The summed E-state index contributed by atoms with van der Waals surface area (Å²) in [5, 5.41) is 4.41. The Bertz CT molecular complexity index is 2980. The van der Waals surface area contributed by atoms with Crippen molar-refractivity contribution in [3.63, 3.8) is 0 Å². The van der Waals surface area contributed by atoms with E-state index in [0.717, 1.165) is 57.9 Å². The van der Waals surface area contributed by atoms with Gasteiger partial charge in [-0.05, 0) is 99.0 Å². The first kappa shape index (κ1) is 30.7. The third kappa shape index (κ3) is 4.24. The molecule has 0 fully saturated rings. The molecule has 8 aromatic rings. The SMILES string of the molecule is C1=CCC(c2ccc(N(C3=CC4=C(CC3)C3(c5ccccc54)c4ccccc4-c4ccccc43)c3nc4oc5ccccc5c4c4ccccc34)cc2)C=C1. The largest absolute Gasteiger partial charge is 0.438 e. The first-order valence-electron chi connectivity index (χ1n) is 19.5. The van der Waals surface area contributed by atoms with E-state index in [9.17, 15) is 0 Å². The van der Waals surface area contributed by atoms with E-state index in [1.807, 2.05) is 12.1 Å². The van der Waals surface area contributed by atoms with Crippen molar-refractivity contribution in [1.29, 1.82) is 0 Å². The highest BCUT2D eigenvalue weighted by molar-refractivity contribution is 6.20. The second kappa shape index (κ2) is 11.6. The lowest BCUT2D eigenvalue weighted by atomic mass is 9.68. The van der Waals surface area contributed by atoms with Crippen LogP contribution in [0.1, 0.15) is 53.0 Å². The number of para-hydroxylation sites is 1. The number of pyridine rings is 1. The molecule has 6 aromatic carbocycles. The molecule has 55 heavy (non-hydrogen) atoms. The van der Waals surface area contributed by atoms with Crippen LogP contribution in [0.15, 0.2) is 192 Å². The third-order valence-corrected chi connectivity index (χ3v) is 12.6. The third-order valence-electron chi connectivity index (χ3n) is 12.6. The van der Waals surface area contributed by atoms with Gasteiger partial charge >= 0.3 is 0 Å². The fourth-order valence-corrected chi connectivity index (χ4v) is 10.3. The van der Waals surface area contributed by atoms with Crippen molar-refractivity contribution in [3.05, 3.63) is 215 Å². The minimum Gasteiger partial charge on any atom is -0.438 e. The predicted molar refractivity (Wildman–Crippen MR) is 226 cm³/mol. The molecule has 4 aliphatic rings. The summed E-state index contributed by atoms with van der Waals surface area (Å²) in [6.07, 6.45) is 14.2. The van der Waals surface area contributed by atoms with E-state index < -0.39 is 0 Å². The maximum atomic E-state index is 6.54. The van der Waals surface area contributed by atoms with Gasteiger partial charge in [0.1, 0.15) is 11.4 Å². The van der Waals surface area contributed by atoms with Gasteiger partial charge in [-0.1, -0.05) is 152 Å². The van der Waals surface area contributed by atoms with Gasteiger partial charge < -0.3 is 4.42 Å². The summed E-state index contributed by atoms with van der Waals surface area (Å²) in [5.41, 5.74) is 15.9. The van der Waals surface area contributed by atoms with Crippen molar-refractivity contribution in [2.45, 2.75) is 30.6 Å². The van der Waals surface area contributed by atoms with Crippen LogP contribution in [0.2, 0.25) is 0 Å². The first-order chi connectivity index (χ1) is 27.3. The molecule has 260 valence electrons. The lowest BCUT2D eigenvalue weighted by molar-refractivity contribution is 0.654. The summed E-state index contributed by atoms with van der Waals surface area (Å²) < 4.78 is 6.54. The van der Waals surface area contributed by atoms with E-state index in [2.05, 4.69) is 169 Å². The Kier molecular flexibility index (Phi) is 6.50. The quantitative estimate of drug-likeness (QED) is 0.183. The molecule has 1 unspecified atom stereocenters. The Morgan fingerprint density at radius 1 is 0.600 bits per heavy atom. The molecule has 4 aliphatic carbocycles. The molecule has 3 nitrogen and oxygen atoms in total. The van der Waals surface area contributed by atoms with Gasteiger partial charge in [0.05, 0.1) is 10.8 Å². The number of nitrogens with zero attached hydrogens (tertiary/aromatic N) is 2. The zero-order chi connectivity index (χ0) is 36.1. The van der Waals surface area contributed by atoms with Crippen molar-refractivity contribution in [3.8, 4) is 11.1 Å². The van der Waals surface area contributed by atoms with Crippen molar-refractivity contribution < 1.29 is 4.42 Å². The molecule has 0 aliphatic heterocycles. The number of aromatic nitrogens is 1. The van der Waals surface area contributed by atoms with E-state index in [4.69, 9.17) is 9.40 Å². The Balaban J connectivity index is 1.11. The minimum atomic E-state index is -0.312. The van der Waals surface area contributed by atoms with Gasteiger partial charge in [-0.15, -0.1) is 0 Å². The van der Waals surface area contributed by atoms with Crippen molar-refractivity contribution >= 4 is 49.9 Å². The molecule has 2 aromatic heterocycles. The summed E-state index contributed by atoms with van der Waals surface area (Å²) in [7, 11) is 0. The van der Waals surface area contributed by atoms with E-state index in [1.165, 1.54) is 55.8 Å². The molecule has 2 heterocycles. The molecular formula is C52H36N2O. The Morgan fingerprint density at radius 2 is 1.24 bits per heavy atom. The van der Waals surface area contributed by atoms with Crippen molar-refractivity contribution in [2.75, 3.05) is 4.90 Å². The normalized spacial score (nSPS) is 17.5.